The molecular formula is C12H20N4O2. The van der Waals surface area contributed by atoms with Crippen LogP contribution in [0, 0.1) is 12.3 Å². The Labute approximate surface area is 107 Å². The van der Waals surface area contributed by atoms with Crippen LogP contribution in [-0.4, -0.2) is 28.6 Å². The van der Waals surface area contributed by atoms with E-state index in [2.05, 4.69) is 20.8 Å². The first-order valence-corrected chi connectivity index (χ1v) is 5.89. The lowest BCUT2D eigenvalue weighted by molar-refractivity contribution is -0.128. The predicted octanol–water partition coefficient (Wildman–Crippen LogP) is 1.21. The van der Waals surface area contributed by atoms with Crippen LogP contribution in [0.4, 0.5) is 5.82 Å². The maximum absolute atomic E-state index is 11.5. The van der Waals surface area contributed by atoms with Gasteiger partial charge in [0.15, 0.2) is 5.82 Å². The minimum atomic E-state index is -0.435. The molecule has 0 saturated heterocycles. The Hall–Kier alpha value is -1.85. The normalized spacial score (nSPS) is 11.1. The number of aromatic nitrogens is 2. The van der Waals surface area contributed by atoms with Crippen molar-refractivity contribution in [3.63, 3.8) is 0 Å². The molecule has 18 heavy (non-hydrogen) atoms. The summed E-state index contributed by atoms with van der Waals surface area (Å²) in [6.45, 7) is 7.66. The minimum Gasteiger partial charge on any atom is -0.355 e. The van der Waals surface area contributed by atoms with Crippen molar-refractivity contribution >= 4 is 17.6 Å². The third kappa shape index (κ3) is 4.57. The van der Waals surface area contributed by atoms with Crippen molar-refractivity contribution in [2.45, 2.75) is 34.1 Å². The molecular weight excluding hydrogens is 232 g/mol. The second-order valence-corrected chi connectivity index (χ2v) is 5.24. The lowest BCUT2D eigenvalue weighted by Gasteiger charge is -2.17. The largest absolute Gasteiger partial charge is 0.355 e. The molecule has 0 aliphatic carbocycles. The van der Waals surface area contributed by atoms with E-state index >= 15 is 0 Å². The van der Waals surface area contributed by atoms with Crippen LogP contribution in [-0.2, 0) is 9.59 Å². The number of rotatable bonds is 4. The second-order valence-electron chi connectivity index (χ2n) is 5.24. The highest BCUT2D eigenvalue weighted by Crippen LogP contribution is 2.12. The topological polar surface area (TPSA) is 86.9 Å². The quantitative estimate of drug-likeness (QED) is 0.752. The van der Waals surface area contributed by atoms with Crippen LogP contribution in [0.1, 0.15) is 32.9 Å². The van der Waals surface area contributed by atoms with Crippen molar-refractivity contribution in [1.82, 2.24) is 15.5 Å². The van der Waals surface area contributed by atoms with Crippen LogP contribution in [0.15, 0.2) is 6.07 Å². The first-order valence-electron chi connectivity index (χ1n) is 5.89. The fourth-order valence-corrected chi connectivity index (χ4v) is 1.24. The van der Waals surface area contributed by atoms with E-state index < -0.39 is 5.41 Å². The smallest absolute Gasteiger partial charge is 0.227 e. The number of aromatic amines is 1. The number of carbonyl (C=O) groups is 2. The first kappa shape index (κ1) is 14.2. The van der Waals surface area contributed by atoms with Gasteiger partial charge in [0.2, 0.25) is 11.8 Å². The highest BCUT2D eigenvalue weighted by Gasteiger charge is 2.20. The number of aryl methyl sites for hydroxylation is 1. The van der Waals surface area contributed by atoms with Crippen molar-refractivity contribution in [2.24, 2.45) is 5.41 Å². The summed E-state index contributed by atoms with van der Waals surface area (Å²) >= 11 is 0. The maximum atomic E-state index is 11.5. The van der Waals surface area contributed by atoms with Gasteiger partial charge in [-0.05, 0) is 6.92 Å². The molecule has 0 radical (unpaired) electrons. The number of carbonyl (C=O) groups excluding carboxylic acids is 2. The Kier molecular flexibility index (Phi) is 4.47. The zero-order chi connectivity index (χ0) is 13.8. The summed E-state index contributed by atoms with van der Waals surface area (Å²) in [6, 6.07) is 1.74. The standard InChI is InChI=1S/C12H20N4O2/c1-8-7-9(16-15-8)14-10(17)5-6-13-11(18)12(2,3)4/h7H,5-6H2,1-4H3,(H,13,18)(H2,14,15,16,17). The summed E-state index contributed by atoms with van der Waals surface area (Å²) in [5, 5.41) is 12.0. The molecule has 0 fully saturated rings. The molecule has 6 nitrogen and oxygen atoms in total. The number of nitrogens with one attached hydrogen (secondary N) is 3. The van der Waals surface area contributed by atoms with Gasteiger partial charge in [0.1, 0.15) is 0 Å². The van der Waals surface area contributed by atoms with Gasteiger partial charge >= 0.3 is 0 Å². The SMILES string of the molecule is Cc1cc(NC(=O)CCNC(=O)C(C)(C)C)n[nH]1. The third-order valence-electron chi connectivity index (χ3n) is 2.29. The summed E-state index contributed by atoms with van der Waals surface area (Å²) in [5.41, 5.74) is 0.446. The van der Waals surface area contributed by atoms with Gasteiger partial charge in [-0.15, -0.1) is 0 Å². The second kappa shape index (κ2) is 5.66. The number of amides is 2. The molecule has 0 atom stereocenters. The monoisotopic (exact) mass is 252 g/mol. The number of anilines is 1. The average molecular weight is 252 g/mol. The van der Waals surface area contributed by atoms with Gasteiger partial charge in [-0.3, -0.25) is 14.7 Å². The highest BCUT2D eigenvalue weighted by molar-refractivity contribution is 5.90. The fourth-order valence-electron chi connectivity index (χ4n) is 1.24. The molecule has 6 heteroatoms. The van der Waals surface area contributed by atoms with Crippen molar-refractivity contribution in [2.75, 3.05) is 11.9 Å². The molecule has 0 bridgehead atoms. The van der Waals surface area contributed by atoms with Gasteiger partial charge in [0.05, 0.1) is 0 Å². The summed E-state index contributed by atoms with van der Waals surface area (Å²) in [4.78, 5) is 23.1. The van der Waals surface area contributed by atoms with Gasteiger partial charge in [-0.2, -0.15) is 5.10 Å². The van der Waals surface area contributed by atoms with Crippen LogP contribution in [0.2, 0.25) is 0 Å². The molecule has 2 amide bonds. The first-order chi connectivity index (χ1) is 8.29. The van der Waals surface area contributed by atoms with Gasteiger partial charge in [0.25, 0.3) is 0 Å². The molecule has 0 saturated carbocycles. The Morgan fingerprint density at radius 1 is 1.39 bits per heavy atom. The molecule has 0 spiro atoms. The predicted molar refractivity (Wildman–Crippen MR) is 69.0 cm³/mol. The summed E-state index contributed by atoms with van der Waals surface area (Å²) in [6.07, 6.45) is 0.230. The van der Waals surface area contributed by atoms with E-state index in [9.17, 15) is 9.59 Å². The Morgan fingerprint density at radius 3 is 2.56 bits per heavy atom. The zero-order valence-electron chi connectivity index (χ0n) is 11.3. The average Bonchev–Trinajstić information content (AvgIpc) is 2.62. The molecule has 1 aromatic heterocycles. The lowest BCUT2D eigenvalue weighted by atomic mass is 9.96. The third-order valence-corrected chi connectivity index (χ3v) is 2.29. The number of nitrogens with zero attached hydrogens (tertiary/aromatic N) is 1. The molecule has 0 aromatic carbocycles. The minimum absolute atomic E-state index is 0.0640. The molecule has 100 valence electrons. The van der Waals surface area contributed by atoms with Gasteiger partial charge < -0.3 is 10.6 Å². The van der Waals surface area contributed by atoms with Crippen LogP contribution in [0.25, 0.3) is 0 Å². The van der Waals surface area contributed by atoms with Crippen molar-refractivity contribution < 1.29 is 9.59 Å². The van der Waals surface area contributed by atoms with E-state index in [1.807, 2.05) is 27.7 Å². The van der Waals surface area contributed by atoms with Crippen molar-refractivity contribution in [3.8, 4) is 0 Å². The summed E-state index contributed by atoms with van der Waals surface area (Å²) < 4.78 is 0. The molecule has 0 aliphatic heterocycles. The van der Waals surface area contributed by atoms with E-state index in [-0.39, 0.29) is 18.2 Å². The number of hydrogen-bond acceptors (Lipinski definition) is 3. The zero-order valence-corrected chi connectivity index (χ0v) is 11.3. The molecule has 0 unspecified atom stereocenters. The molecule has 1 aromatic rings. The Balaban J connectivity index is 2.28. The van der Waals surface area contributed by atoms with Gasteiger partial charge in [-0.25, -0.2) is 0 Å². The van der Waals surface area contributed by atoms with E-state index in [0.29, 0.717) is 12.4 Å². The Morgan fingerprint density at radius 2 is 2.06 bits per heavy atom. The van der Waals surface area contributed by atoms with Gasteiger partial charge in [-0.1, -0.05) is 20.8 Å². The summed E-state index contributed by atoms with van der Waals surface area (Å²) in [5.74, 6) is 0.265. The van der Waals surface area contributed by atoms with E-state index in [4.69, 9.17) is 0 Å². The summed E-state index contributed by atoms with van der Waals surface area (Å²) in [7, 11) is 0. The number of hydrogen-bond donors (Lipinski definition) is 3. The van der Waals surface area contributed by atoms with Crippen LogP contribution in [0.3, 0.4) is 0 Å². The molecule has 3 N–H and O–H groups in total. The van der Waals surface area contributed by atoms with E-state index in [1.165, 1.54) is 0 Å². The van der Waals surface area contributed by atoms with Crippen LogP contribution < -0.4 is 10.6 Å². The van der Waals surface area contributed by atoms with E-state index in [0.717, 1.165) is 5.69 Å². The van der Waals surface area contributed by atoms with E-state index in [1.54, 1.807) is 6.07 Å². The van der Waals surface area contributed by atoms with Gasteiger partial charge in [0, 0.05) is 30.1 Å². The molecule has 1 heterocycles. The maximum Gasteiger partial charge on any atom is 0.227 e. The Bertz CT molecular complexity index is 432. The molecule has 1 rings (SSSR count). The van der Waals surface area contributed by atoms with Crippen molar-refractivity contribution in [1.29, 1.82) is 0 Å². The van der Waals surface area contributed by atoms with Crippen molar-refractivity contribution in [3.05, 3.63) is 11.8 Å². The fraction of sp³-hybridized carbons (Fsp3) is 0.583. The van der Waals surface area contributed by atoms with Crippen LogP contribution >= 0.6 is 0 Å². The lowest BCUT2D eigenvalue weighted by Crippen LogP contribution is -2.36. The number of H-pyrrole nitrogens is 1. The highest BCUT2D eigenvalue weighted by atomic mass is 16.2. The van der Waals surface area contributed by atoms with Crippen LogP contribution in [0.5, 0.6) is 0 Å². The molecule has 0 aliphatic rings.